The number of hydrogen-bond acceptors (Lipinski definition) is 5. The largest absolute Gasteiger partial charge is 0.311 e. The lowest BCUT2D eigenvalue weighted by atomic mass is 10.1. The second-order valence-corrected chi connectivity index (χ2v) is 6.91. The SMILES string of the molecule is O=C(Cc1csc(-c2ccccc2)n1)N1CCc2cc([N+](=O)[O-])ccc21. The maximum absolute atomic E-state index is 12.7. The molecule has 0 spiro atoms. The Morgan fingerprint density at radius 1 is 1.23 bits per heavy atom. The van der Waals surface area contributed by atoms with E-state index in [-0.39, 0.29) is 18.0 Å². The van der Waals surface area contributed by atoms with Crippen molar-refractivity contribution in [3.8, 4) is 10.6 Å². The van der Waals surface area contributed by atoms with Gasteiger partial charge in [0.25, 0.3) is 5.69 Å². The lowest BCUT2D eigenvalue weighted by Gasteiger charge is -2.16. The number of nitrogens with zero attached hydrogens (tertiary/aromatic N) is 3. The molecule has 0 atom stereocenters. The zero-order valence-electron chi connectivity index (χ0n) is 13.8. The second kappa shape index (κ2) is 6.68. The average Bonchev–Trinajstić information content (AvgIpc) is 3.28. The van der Waals surface area contributed by atoms with E-state index in [2.05, 4.69) is 4.98 Å². The number of rotatable bonds is 4. The van der Waals surface area contributed by atoms with Crippen molar-refractivity contribution in [2.24, 2.45) is 0 Å². The van der Waals surface area contributed by atoms with Crippen LogP contribution in [0.2, 0.25) is 0 Å². The first kappa shape index (κ1) is 16.4. The van der Waals surface area contributed by atoms with Gasteiger partial charge in [-0.15, -0.1) is 11.3 Å². The number of nitro benzene ring substituents is 1. The molecule has 6 nitrogen and oxygen atoms in total. The lowest BCUT2D eigenvalue weighted by Crippen LogP contribution is -2.30. The molecule has 0 unspecified atom stereocenters. The lowest BCUT2D eigenvalue weighted by molar-refractivity contribution is -0.384. The van der Waals surface area contributed by atoms with E-state index in [0.29, 0.717) is 13.0 Å². The van der Waals surface area contributed by atoms with Gasteiger partial charge >= 0.3 is 0 Å². The second-order valence-electron chi connectivity index (χ2n) is 6.05. The van der Waals surface area contributed by atoms with Crippen LogP contribution in [0.1, 0.15) is 11.3 Å². The third-order valence-corrected chi connectivity index (χ3v) is 5.32. The fourth-order valence-electron chi connectivity index (χ4n) is 3.11. The van der Waals surface area contributed by atoms with E-state index in [1.54, 1.807) is 17.0 Å². The van der Waals surface area contributed by atoms with E-state index in [1.807, 2.05) is 35.7 Å². The number of carbonyl (C=O) groups is 1. The van der Waals surface area contributed by atoms with Crippen molar-refractivity contribution in [3.63, 3.8) is 0 Å². The van der Waals surface area contributed by atoms with Crippen LogP contribution in [0.4, 0.5) is 11.4 Å². The van der Waals surface area contributed by atoms with Crippen molar-refractivity contribution >= 4 is 28.6 Å². The Bertz CT molecular complexity index is 985. The smallest absolute Gasteiger partial charge is 0.269 e. The maximum Gasteiger partial charge on any atom is 0.269 e. The van der Waals surface area contributed by atoms with E-state index in [9.17, 15) is 14.9 Å². The van der Waals surface area contributed by atoms with E-state index in [1.165, 1.54) is 17.4 Å². The van der Waals surface area contributed by atoms with Gasteiger partial charge in [-0.25, -0.2) is 4.98 Å². The van der Waals surface area contributed by atoms with Gasteiger partial charge in [-0.1, -0.05) is 30.3 Å². The van der Waals surface area contributed by atoms with Crippen molar-refractivity contribution < 1.29 is 9.72 Å². The number of amides is 1. The molecule has 7 heteroatoms. The number of benzene rings is 2. The van der Waals surface area contributed by atoms with Gasteiger partial charge in [-0.2, -0.15) is 0 Å². The van der Waals surface area contributed by atoms with Crippen LogP contribution in [0.15, 0.2) is 53.9 Å². The van der Waals surface area contributed by atoms with E-state index in [4.69, 9.17) is 0 Å². The Hall–Kier alpha value is -3.06. The van der Waals surface area contributed by atoms with Crippen molar-refractivity contribution in [1.29, 1.82) is 0 Å². The first-order chi connectivity index (χ1) is 12.6. The van der Waals surface area contributed by atoms with Crippen molar-refractivity contribution in [3.05, 3.63) is 75.3 Å². The number of thiazole rings is 1. The summed E-state index contributed by atoms with van der Waals surface area (Å²) < 4.78 is 0. The summed E-state index contributed by atoms with van der Waals surface area (Å²) in [5.74, 6) is -0.0393. The topological polar surface area (TPSA) is 76.3 Å². The van der Waals surface area contributed by atoms with Crippen LogP contribution < -0.4 is 4.90 Å². The zero-order valence-corrected chi connectivity index (χ0v) is 14.6. The number of non-ortho nitro benzene ring substituents is 1. The summed E-state index contributed by atoms with van der Waals surface area (Å²) in [7, 11) is 0. The van der Waals surface area contributed by atoms with Crippen LogP contribution in [0, 0.1) is 10.1 Å². The highest BCUT2D eigenvalue weighted by Crippen LogP contribution is 2.32. The number of carbonyl (C=O) groups excluding carboxylic acids is 1. The molecular weight excluding hydrogens is 350 g/mol. The Morgan fingerprint density at radius 3 is 2.81 bits per heavy atom. The summed E-state index contributed by atoms with van der Waals surface area (Å²) >= 11 is 1.52. The molecule has 0 N–H and O–H groups in total. The molecule has 0 aliphatic carbocycles. The molecule has 1 aliphatic rings. The van der Waals surface area contributed by atoms with Crippen LogP contribution in [0.5, 0.6) is 0 Å². The van der Waals surface area contributed by atoms with Gasteiger partial charge in [0.05, 0.1) is 17.0 Å². The predicted octanol–water partition coefficient (Wildman–Crippen LogP) is 3.85. The van der Waals surface area contributed by atoms with Crippen LogP contribution in [-0.2, 0) is 17.6 Å². The minimum absolute atomic E-state index is 0.0393. The molecular formula is C19H15N3O3S. The fourth-order valence-corrected chi connectivity index (χ4v) is 3.94. The summed E-state index contributed by atoms with van der Waals surface area (Å²) in [5, 5.41) is 13.7. The average molecular weight is 365 g/mol. The minimum atomic E-state index is -0.412. The summed E-state index contributed by atoms with van der Waals surface area (Å²) in [4.78, 5) is 29.4. The fraction of sp³-hybridized carbons (Fsp3) is 0.158. The van der Waals surface area contributed by atoms with Gasteiger partial charge in [-0.3, -0.25) is 14.9 Å². The van der Waals surface area contributed by atoms with Crippen molar-refractivity contribution in [2.75, 3.05) is 11.4 Å². The Kier molecular flexibility index (Phi) is 4.22. The first-order valence-corrected chi connectivity index (χ1v) is 9.07. The molecule has 1 aliphatic heterocycles. The van der Waals surface area contributed by atoms with Gasteiger partial charge in [0.2, 0.25) is 5.91 Å². The number of anilines is 1. The highest BCUT2D eigenvalue weighted by molar-refractivity contribution is 7.13. The summed E-state index contributed by atoms with van der Waals surface area (Å²) in [5.41, 5.74) is 3.45. The van der Waals surface area contributed by atoms with E-state index in [0.717, 1.165) is 27.5 Å². The molecule has 26 heavy (non-hydrogen) atoms. The Labute approximate surface area is 153 Å². The standard InChI is InChI=1S/C19H15N3O3S/c23-18(11-15-12-26-19(20-15)13-4-2-1-3-5-13)21-9-8-14-10-16(22(24)25)6-7-17(14)21/h1-7,10,12H,8-9,11H2. The highest BCUT2D eigenvalue weighted by atomic mass is 32.1. The minimum Gasteiger partial charge on any atom is -0.311 e. The Balaban J connectivity index is 1.50. The zero-order chi connectivity index (χ0) is 18.1. The normalized spacial score (nSPS) is 12.8. The predicted molar refractivity (Wildman–Crippen MR) is 100 cm³/mol. The van der Waals surface area contributed by atoms with Gasteiger partial charge in [0, 0.05) is 35.3 Å². The molecule has 0 saturated carbocycles. The first-order valence-electron chi connectivity index (χ1n) is 8.19. The van der Waals surface area contributed by atoms with Gasteiger partial charge in [0.15, 0.2) is 0 Å². The number of fused-ring (bicyclic) bond motifs is 1. The molecule has 2 heterocycles. The summed E-state index contributed by atoms with van der Waals surface area (Å²) in [6.45, 7) is 0.547. The summed E-state index contributed by atoms with van der Waals surface area (Å²) in [6, 6.07) is 14.5. The molecule has 3 aromatic rings. The quantitative estimate of drug-likeness (QED) is 0.520. The number of aromatic nitrogens is 1. The molecule has 1 aromatic heterocycles. The summed E-state index contributed by atoms with van der Waals surface area (Å²) in [6.07, 6.45) is 0.856. The van der Waals surface area contributed by atoms with E-state index >= 15 is 0 Å². The van der Waals surface area contributed by atoms with Gasteiger partial charge in [-0.05, 0) is 18.1 Å². The molecule has 0 radical (unpaired) electrons. The third-order valence-electron chi connectivity index (χ3n) is 4.38. The van der Waals surface area contributed by atoms with Crippen molar-refractivity contribution in [1.82, 2.24) is 4.98 Å². The van der Waals surface area contributed by atoms with Crippen molar-refractivity contribution in [2.45, 2.75) is 12.8 Å². The molecule has 0 saturated heterocycles. The third kappa shape index (κ3) is 3.09. The van der Waals surface area contributed by atoms with Crippen LogP contribution in [0.3, 0.4) is 0 Å². The van der Waals surface area contributed by atoms with Gasteiger partial charge in [0.1, 0.15) is 5.01 Å². The molecule has 1 amide bonds. The number of hydrogen-bond donors (Lipinski definition) is 0. The van der Waals surface area contributed by atoms with Crippen LogP contribution in [-0.4, -0.2) is 22.4 Å². The Morgan fingerprint density at radius 2 is 2.04 bits per heavy atom. The molecule has 0 fully saturated rings. The molecule has 4 rings (SSSR count). The molecule has 130 valence electrons. The molecule has 0 bridgehead atoms. The monoisotopic (exact) mass is 365 g/mol. The van der Waals surface area contributed by atoms with Gasteiger partial charge < -0.3 is 4.90 Å². The van der Waals surface area contributed by atoms with E-state index < -0.39 is 4.92 Å². The van der Waals surface area contributed by atoms with Crippen LogP contribution >= 0.6 is 11.3 Å². The molecule has 2 aromatic carbocycles. The number of nitro groups is 1. The highest BCUT2D eigenvalue weighted by Gasteiger charge is 2.26. The maximum atomic E-state index is 12.7. The van der Waals surface area contributed by atoms with Crippen LogP contribution in [0.25, 0.3) is 10.6 Å².